The van der Waals surface area contributed by atoms with E-state index >= 15 is 0 Å². The predicted molar refractivity (Wildman–Crippen MR) is 118 cm³/mol. The van der Waals surface area contributed by atoms with Gasteiger partial charge in [0.05, 0.1) is 24.2 Å². The Balaban J connectivity index is 1.51. The third-order valence-electron chi connectivity index (χ3n) is 6.44. The summed E-state index contributed by atoms with van der Waals surface area (Å²) in [6.07, 6.45) is 6.03. The summed E-state index contributed by atoms with van der Waals surface area (Å²) in [5, 5.41) is 1.51. The van der Waals surface area contributed by atoms with Crippen molar-refractivity contribution in [3.05, 3.63) is 46.8 Å². The van der Waals surface area contributed by atoms with Crippen LogP contribution in [0.5, 0.6) is 0 Å². The summed E-state index contributed by atoms with van der Waals surface area (Å²) in [5.41, 5.74) is 5.14. The fourth-order valence-corrected chi connectivity index (χ4v) is 5.11. The van der Waals surface area contributed by atoms with Crippen molar-refractivity contribution in [1.82, 2.24) is 24.8 Å². The van der Waals surface area contributed by atoms with Gasteiger partial charge in [0, 0.05) is 55.2 Å². The van der Waals surface area contributed by atoms with Crippen molar-refractivity contribution >= 4 is 34.4 Å². The quantitative estimate of drug-likeness (QED) is 0.608. The Morgan fingerprint density at radius 3 is 3.06 bits per heavy atom. The monoisotopic (exact) mass is 440 g/mol. The summed E-state index contributed by atoms with van der Waals surface area (Å²) in [7, 11) is 1.43. The number of nitrogens with one attached hydrogen (secondary N) is 1. The van der Waals surface area contributed by atoms with E-state index in [0.29, 0.717) is 18.2 Å². The van der Waals surface area contributed by atoms with Crippen LogP contribution in [0.2, 0.25) is 5.15 Å². The Morgan fingerprint density at radius 1 is 1.35 bits per heavy atom. The number of methoxy groups -OCH3 is 1. The number of aromatic nitrogens is 4. The standard InChI is InChI=1S/C22H25ClN6O2/c1-13-8-17-16(11-29(13)18-9-19(23)27-21-15(18)5-6-24-21)20(26-12-25-17)14-4-3-7-28(10-14)22(30)31-2/h5-6,9,12-14H,3-4,7-8,10-11H2,1-2H3,(H,24,27)/t13-,14-/m1/s1. The van der Waals surface area contributed by atoms with Crippen molar-refractivity contribution < 1.29 is 9.53 Å². The van der Waals surface area contributed by atoms with Crippen LogP contribution in [0.3, 0.4) is 0 Å². The largest absolute Gasteiger partial charge is 0.453 e. The maximum atomic E-state index is 12.1. The lowest BCUT2D eigenvalue weighted by Crippen LogP contribution is -2.42. The number of likely N-dealkylation sites (tertiary alicyclic amines) is 1. The number of piperidine rings is 1. The Kier molecular flexibility index (Phi) is 5.17. The van der Waals surface area contributed by atoms with Gasteiger partial charge in [-0.3, -0.25) is 0 Å². The number of rotatable bonds is 2. The van der Waals surface area contributed by atoms with E-state index in [1.54, 1.807) is 11.2 Å². The molecule has 162 valence electrons. The Morgan fingerprint density at radius 2 is 2.23 bits per heavy atom. The third kappa shape index (κ3) is 3.59. The minimum Gasteiger partial charge on any atom is -0.453 e. The van der Waals surface area contributed by atoms with Crippen molar-refractivity contribution in [3.63, 3.8) is 0 Å². The molecule has 8 nitrogen and oxygen atoms in total. The van der Waals surface area contributed by atoms with E-state index in [1.165, 1.54) is 7.11 Å². The zero-order chi connectivity index (χ0) is 21.5. The van der Waals surface area contributed by atoms with Gasteiger partial charge >= 0.3 is 6.09 Å². The first kappa shape index (κ1) is 20.1. The molecule has 3 aromatic heterocycles. The van der Waals surface area contributed by atoms with Crippen molar-refractivity contribution in [2.75, 3.05) is 25.1 Å². The number of anilines is 1. The van der Waals surface area contributed by atoms with Crippen molar-refractivity contribution in [3.8, 4) is 0 Å². The summed E-state index contributed by atoms with van der Waals surface area (Å²) >= 11 is 6.33. The molecule has 1 fully saturated rings. The fraction of sp³-hybridized carbons (Fsp3) is 0.455. The molecular weight excluding hydrogens is 416 g/mol. The molecule has 31 heavy (non-hydrogen) atoms. The first-order valence-electron chi connectivity index (χ1n) is 10.6. The average molecular weight is 441 g/mol. The van der Waals surface area contributed by atoms with Crippen LogP contribution in [0.25, 0.3) is 11.0 Å². The van der Waals surface area contributed by atoms with Gasteiger partial charge in [-0.25, -0.2) is 19.7 Å². The number of hydrogen-bond acceptors (Lipinski definition) is 6. The molecule has 3 aromatic rings. The maximum Gasteiger partial charge on any atom is 0.409 e. The molecule has 1 saturated heterocycles. The number of hydrogen-bond donors (Lipinski definition) is 1. The Hall–Kier alpha value is -2.87. The lowest BCUT2D eigenvalue weighted by atomic mass is 9.88. The Bertz CT molecular complexity index is 1130. The average Bonchev–Trinajstić information content (AvgIpc) is 3.25. The van der Waals surface area contributed by atoms with Crippen LogP contribution in [-0.2, 0) is 17.7 Å². The van der Waals surface area contributed by atoms with Crippen LogP contribution in [0.4, 0.5) is 10.5 Å². The number of halogens is 1. The molecule has 5 rings (SSSR count). The number of H-pyrrole nitrogens is 1. The summed E-state index contributed by atoms with van der Waals surface area (Å²) in [6, 6.07) is 4.22. The first-order valence-corrected chi connectivity index (χ1v) is 11.0. The van der Waals surface area contributed by atoms with Crippen molar-refractivity contribution in [1.29, 1.82) is 0 Å². The number of fused-ring (bicyclic) bond motifs is 2. The van der Waals surface area contributed by atoms with Crippen LogP contribution in [0, 0.1) is 0 Å². The van der Waals surface area contributed by atoms with Gasteiger partial charge in [0.25, 0.3) is 0 Å². The van der Waals surface area contributed by atoms with Crippen LogP contribution in [-0.4, -0.2) is 57.2 Å². The molecule has 5 heterocycles. The zero-order valence-electron chi connectivity index (χ0n) is 17.6. The number of nitrogens with zero attached hydrogens (tertiary/aromatic N) is 5. The van der Waals surface area contributed by atoms with Gasteiger partial charge in [-0.1, -0.05) is 11.6 Å². The van der Waals surface area contributed by atoms with E-state index in [-0.39, 0.29) is 18.1 Å². The van der Waals surface area contributed by atoms with E-state index in [0.717, 1.165) is 59.5 Å². The number of pyridine rings is 1. The minimum atomic E-state index is -0.274. The molecule has 9 heteroatoms. The first-order chi connectivity index (χ1) is 15.0. The highest BCUT2D eigenvalue weighted by atomic mass is 35.5. The number of ether oxygens (including phenoxy) is 1. The second-order valence-corrected chi connectivity index (χ2v) is 8.71. The maximum absolute atomic E-state index is 12.1. The van der Waals surface area contributed by atoms with Crippen LogP contribution in [0.15, 0.2) is 24.7 Å². The lowest BCUT2D eigenvalue weighted by Gasteiger charge is -2.39. The van der Waals surface area contributed by atoms with E-state index in [2.05, 4.69) is 26.8 Å². The van der Waals surface area contributed by atoms with Crippen molar-refractivity contribution in [2.24, 2.45) is 0 Å². The van der Waals surface area contributed by atoms with Gasteiger partial charge < -0.3 is 19.5 Å². The van der Waals surface area contributed by atoms with E-state index in [9.17, 15) is 4.79 Å². The van der Waals surface area contributed by atoms with E-state index < -0.39 is 0 Å². The molecule has 0 unspecified atom stereocenters. The van der Waals surface area contributed by atoms with Gasteiger partial charge in [-0.05, 0) is 31.9 Å². The molecule has 0 aliphatic carbocycles. The molecule has 2 aliphatic heterocycles. The molecule has 2 atom stereocenters. The van der Waals surface area contributed by atoms with Gasteiger partial charge in [-0.15, -0.1) is 0 Å². The molecule has 1 amide bonds. The molecule has 0 bridgehead atoms. The topological polar surface area (TPSA) is 87.2 Å². The van der Waals surface area contributed by atoms with Gasteiger partial charge in [0.15, 0.2) is 0 Å². The normalized spacial score (nSPS) is 21.3. The number of carbonyl (C=O) groups is 1. The molecule has 1 N–H and O–H groups in total. The summed E-state index contributed by atoms with van der Waals surface area (Å²) in [6.45, 7) is 4.24. The van der Waals surface area contributed by atoms with Crippen LogP contribution < -0.4 is 4.90 Å². The van der Waals surface area contributed by atoms with Gasteiger partial charge in [-0.2, -0.15) is 0 Å². The van der Waals surface area contributed by atoms with Crippen molar-refractivity contribution in [2.45, 2.75) is 44.7 Å². The number of amides is 1. The van der Waals surface area contributed by atoms with E-state index in [1.807, 2.05) is 18.3 Å². The highest BCUT2D eigenvalue weighted by Gasteiger charge is 2.33. The number of aromatic amines is 1. The molecule has 0 radical (unpaired) electrons. The van der Waals surface area contributed by atoms with Crippen LogP contribution in [0.1, 0.15) is 42.6 Å². The summed E-state index contributed by atoms with van der Waals surface area (Å²) in [4.78, 5) is 33.1. The predicted octanol–water partition coefficient (Wildman–Crippen LogP) is 3.90. The SMILES string of the molecule is COC(=O)N1CCC[C@@H](c2ncnc3c2CN(c2cc(Cl)nc4[nH]ccc24)[C@H](C)C3)C1. The zero-order valence-corrected chi connectivity index (χ0v) is 18.4. The molecule has 0 aromatic carbocycles. The van der Waals surface area contributed by atoms with Gasteiger partial charge in [0.1, 0.15) is 17.1 Å². The van der Waals surface area contributed by atoms with Crippen LogP contribution >= 0.6 is 11.6 Å². The van der Waals surface area contributed by atoms with E-state index in [4.69, 9.17) is 21.3 Å². The molecule has 0 spiro atoms. The fourth-order valence-electron chi connectivity index (χ4n) is 4.93. The highest BCUT2D eigenvalue weighted by Crippen LogP contribution is 2.37. The molecule has 2 aliphatic rings. The molecular formula is C22H25ClN6O2. The minimum absolute atomic E-state index is 0.174. The second-order valence-electron chi connectivity index (χ2n) is 8.32. The second kappa shape index (κ2) is 8.00. The summed E-state index contributed by atoms with van der Waals surface area (Å²) in [5.74, 6) is 0.174. The van der Waals surface area contributed by atoms with Gasteiger partial charge in [0.2, 0.25) is 0 Å². The lowest BCUT2D eigenvalue weighted by molar-refractivity contribution is 0.110. The smallest absolute Gasteiger partial charge is 0.409 e. The highest BCUT2D eigenvalue weighted by molar-refractivity contribution is 6.30. The number of carbonyl (C=O) groups excluding carboxylic acids is 1. The summed E-state index contributed by atoms with van der Waals surface area (Å²) < 4.78 is 4.94. The Labute approximate surface area is 185 Å². The third-order valence-corrected chi connectivity index (χ3v) is 6.64. The molecule has 0 saturated carbocycles.